The SMILES string of the molecule is O=C(Nc1cc2c(cn1)c(=O)[nH]n2-c1cccc(OC(F)(F)F)c1)C1CC1. The van der Waals surface area contributed by atoms with Crippen molar-refractivity contribution in [1.29, 1.82) is 0 Å². The van der Waals surface area contributed by atoms with Gasteiger partial charge in [0.15, 0.2) is 0 Å². The zero-order valence-electron chi connectivity index (χ0n) is 13.7. The van der Waals surface area contributed by atoms with E-state index in [0.29, 0.717) is 5.52 Å². The third-order valence-electron chi connectivity index (χ3n) is 4.09. The lowest BCUT2D eigenvalue weighted by atomic mass is 10.2. The lowest BCUT2D eigenvalue weighted by Gasteiger charge is -2.11. The number of nitrogens with one attached hydrogen (secondary N) is 2. The summed E-state index contributed by atoms with van der Waals surface area (Å²) in [5.41, 5.74) is 0.166. The number of hydrogen-bond donors (Lipinski definition) is 2. The first-order valence-electron chi connectivity index (χ1n) is 8.08. The predicted molar refractivity (Wildman–Crippen MR) is 89.7 cm³/mol. The maximum absolute atomic E-state index is 12.4. The Morgan fingerprint density at radius 1 is 1.30 bits per heavy atom. The Bertz CT molecular complexity index is 1080. The van der Waals surface area contributed by atoms with Gasteiger partial charge in [-0.25, -0.2) is 4.98 Å². The Balaban J connectivity index is 1.73. The molecule has 0 spiro atoms. The van der Waals surface area contributed by atoms with Gasteiger partial charge in [0.05, 0.1) is 16.6 Å². The number of fused-ring (bicyclic) bond motifs is 1. The number of aromatic amines is 1. The molecule has 0 aliphatic heterocycles. The average molecular weight is 378 g/mol. The molecule has 0 atom stereocenters. The lowest BCUT2D eigenvalue weighted by molar-refractivity contribution is -0.274. The summed E-state index contributed by atoms with van der Waals surface area (Å²) in [5, 5.41) is 5.46. The monoisotopic (exact) mass is 378 g/mol. The summed E-state index contributed by atoms with van der Waals surface area (Å²) in [4.78, 5) is 28.1. The van der Waals surface area contributed by atoms with Crippen molar-refractivity contribution >= 4 is 22.6 Å². The van der Waals surface area contributed by atoms with Crippen molar-refractivity contribution in [2.24, 2.45) is 5.92 Å². The Hall–Kier alpha value is -3.30. The second kappa shape index (κ2) is 6.15. The zero-order chi connectivity index (χ0) is 19.2. The molecule has 1 aliphatic carbocycles. The number of hydrogen-bond acceptors (Lipinski definition) is 4. The quantitative estimate of drug-likeness (QED) is 0.731. The van der Waals surface area contributed by atoms with Crippen LogP contribution in [0.4, 0.5) is 19.0 Å². The van der Waals surface area contributed by atoms with E-state index in [4.69, 9.17) is 0 Å². The molecule has 10 heteroatoms. The fourth-order valence-electron chi connectivity index (χ4n) is 2.69. The molecular weight excluding hydrogens is 365 g/mol. The maximum atomic E-state index is 12.4. The molecule has 0 saturated heterocycles. The van der Waals surface area contributed by atoms with Gasteiger partial charge in [0, 0.05) is 24.2 Å². The Morgan fingerprint density at radius 3 is 2.78 bits per heavy atom. The number of ether oxygens (including phenoxy) is 1. The second-order valence-corrected chi connectivity index (χ2v) is 6.17. The van der Waals surface area contributed by atoms with E-state index in [9.17, 15) is 22.8 Å². The van der Waals surface area contributed by atoms with Crippen LogP contribution in [0.2, 0.25) is 0 Å². The van der Waals surface area contributed by atoms with E-state index < -0.39 is 17.7 Å². The summed E-state index contributed by atoms with van der Waals surface area (Å²) >= 11 is 0. The van der Waals surface area contributed by atoms with Gasteiger partial charge in [-0.2, -0.15) is 0 Å². The highest BCUT2D eigenvalue weighted by atomic mass is 19.4. The highest BCUT2D eigenvalue weighted by Gasteiger charge is 2.31. The third kappa shape index (κ3) is 3.64. The molecule has 2 aromatic heterocycles. The van der Waals surface area contributed by atoms with Crippen LogP contribution in [0.25, 0.3) is 16.6 Å². The lowest BCUT2D eigenvalue weighted by Crippen LogP contribution is -2.17. The van der Waals surface area contributed by atoms with Crippen molar-refractivity contribution in [3.63, 3.8) is 0 Å². The number of amides is 1. The minimum absolute atomic E-state index is 0.0212. The molecule has 4 rings (SSSR count). The van der Waals surface area contributed by atoms with Gasteiger partial charge in [0.25, 0.3) is 5.56 Å². The number of rotatable bonds is 4. The van der Waals surface area contributed by atoms with Crippen molar-refractivity contribution in [2.75, 3.05) is 5.32 Å². The van der Waals surface area contributed by atoms with Gasteiger partial charge < -0.3 is 10.1 Å². The highest BCUT2D eigenvalue weighted by molar-refractivity contribution is 5.94. The number of H-pyrrole nitrogens is 1. The number of anilines is 1. The van der Waals surface area contributed by atoms with E-state index in [1.807, 2.05) is 0 Å². The number of aromatic nitrogens is 3. The number of carbonyl (C=O) groups is 1. The summed E-state index contributed by atoms with van der Waals surface area (Å²) in [6.45, 7) is 0. The molecule has 3 aromatic rings. The number of carbonyl (C=O) groups excluding carboxylic acids is 1. The molecule has 0 radical (unpaired) electrons. The number of nitrogens with zero attached hydrogens (tertiary/aromatic N) is 2. The van der Waals surface area contributed by atoms with Gasteiger partial charge in [-0.15, -0.1) is 13.2 Å². The van der Waals surface area contributed by atoms with Crippen molar-refractivity contribution in [2.45, 2.75) is 19.2 Å². The molecule has 0 unspecified atom stereocenters. The van der Waals surface area contributed by atoms with Gasteiger partial charge in [0.2, 0.25) is 5.91 Å². The van der Waals surface area contributed by atoms with Gasteiger partial charge in [0.1, 0.15) is 11.6 Å². The molecule has 1 amide bonds. The topological polar surface area (TPSA) is 89.0 Å². The van der Waals surface area contributed by atoms with Gasteiger partial charge in [-0.05, 0) is 25.0 Å². The van der Waals surface area contributed by atoms with Crippen molar-refractivity contribution in [3.05, 3.63) is 46.9 Å². The van der Waals surface area contributed by atoms with Gasteiger partial charge in [-0.1, -0.05) is 6.07 Å². The van der Waals surface area contributed by atoms with E-state index in [-0.39, 0.29) is 28.7 Å². The van der Waals surface area contributed by atoms with Crippen LogP contribution >= 0.6 is 0 Å². The fourth-order valence-corrected chi connectivity index (χ4v) is 2.69. The molecular formula is C17H13F3N4O3. The maximum Gasteiger partial charge on any atom is 0.573 e. The number of pyridine rings is 1. The average Bonchev–Trinajstić information content (AvgIpc) is 3.39. The molecule has 27 heavy (non-hydrogen) atoms. The number of alkyl halides is 3. The number of benzene rings is 1. The Labute approximate surface area is 149 Å². The van der Waals surface area contributed by atoms with E-state index in [0.717, 1.165) is 25.0 Å². The van der Waals surface area contributed by atoms with Crippen LogP contribution in [-0.4, -0.2) is 27.0 Å². The van der Waals surface area contributed by atoms with Crippen LogP contribution in [0.1, 0.15) is 12.8 Å². The minimum Gasteiger partial charge on any atom is -0.406 e. The van der Waals surface area contributed by atoms with Crippen LogP contribution < -0.4 is 15.6 Å². The molecule has 7 nitrogen and oxygen atoms in total. The molecule has 2 heterocycles. The van der Waals surface area contributed by atoms with E-state index in [2.05, 4.69) is 20.1 Å². The Kier molecular flexibility index (Phi) is 3.90. The second-order valence-electron chi connectivity index (χ2n) is 6.17. The summed E-state index contributed by atoms with van der Waals surface area (Å²) in [6.07, 6.45) is -1.86. The van der Waals surface area contributed by atoms with Gasteiger partial charge in [-0.3, -0.25) is 19.4 Å². The summed E-state index contributed by atoms with van der Waals surface area (Å²) in [5.74, 6) is -0.326. The third-order valence-corrected chi connectivity index (χ3v) is 4.09. The van der Waals surface area contributed by atoms with Crippen molar-refractivity contribution in [1.82, 2.24) is 14.8 Å². The van der Waals surface area contributed by atoms with Crippen LogP contribution in [0, 0.1) is 5.92 Å². The summed E-state index contributed by atoms with van der Waals surface area (Å²) in [6, 6.07) is 6.68. The standard InChI is InChI=1S/C17H13F3N4O3/c18-17(19,20)27-11-3-1-2-10(6-11)24-13-7-14(22-15(25)9-4-5-9)21-8-12(13)16(26)23-24/h1-3,6-9H,4-5H2,(H,23,26)(H,21,22,25). The van der Waals surface area contributed by atoms with E-state index >= 15 is 0 Å². The molecule has 1 fully saturated rings. The largest absolute Gasteiger partial charge is 0.573 e. The molecule has 1 aliphatic rings. The molecule has 1 saturated carbocycles. The smallest absolute Gasteiger partial charge is 0.406 e. The number of halogens is 3. The van der Waals surface area contributed by atoms with E-state index in [1.165, 1.54) is 29.1 Å². The van der Waals surface area contributed by atoms with E-state index in [1.54, 1.807) is 0 Å². The van der Waals surface area contributed by atoms with Crippen LogP contribution in [0.5, 0.6) is 5.75 Å². The highest BCUT2D eigenvalue weighted by Crippen LogP contribution is 2.30. The van der Waals surface area contributed by atoms with Crippen LogP contribution in [0.3, 0.4) is 0 Å². The van der Waals surface area contributed by atoms with Crippen molar-refractivity contribution in [3.8, 4) is 11.4 Å². The molecule has 1 aromatic carbocycles. The van der Waals surface area contributed by atoms with Crippen molar-refractivity contribution < 1.29 is 22.7 Å². The molecule has 2 N–H and O–H groups in total. The molecule has 0 bridgehead atoms. The summed E-state index contributed by atoms with van der Waals surface area (Å²) < 4.78 is 42.6. The normalized spacial score (nSPS) is 14.3. The fraction of sp³-hybridized carbons (Fsp3) is 0.235. The molecule has 140 valence electrons. The van der Waals surface area contributed by atoms with Crippen LogP contribution in [-0.2, 0) is 4.79 Å². The zero-order valence-corrected chi connectivity index (χ0v) is 13.7. The predicted octanol–water partition coefficient (Wildman–Crippen LogP) is 2.96. The minimum atomic E-state index is -4.82. The van der Waals surface area contributed by atoms with Crippen LogP contribution in [0.15, 0.2) is 41.3 Å². The first-order chi connectivity index (χ1) is 12.8. The first-order valence-corrected chi connectivity index (χ1v) is 8.08. The Morgan fingerprint density at radius 2 is 2.07 bits per heavy atom. The summed E-state index contributed by atoms with van der Waals surface area (Å²) in [7, 11) is 0. The first kappa shape index (κ1) is 17.1. The van der Waals surface area contributed by atoms with Gasteiger partial charge >= 0.3 is 6.36 Å².